The van der Waals surface area contributed by atoms with E-state index in [1.54, 1.807) is 0 Å². The van der Waals surface area contributed by atoms with Gasteiger partial charge in [0, 0.05) is 0 Å². The van der Waals surface area contributed by atoms with Crippen LogP contribution in [0, 0.1) is 0 Å². The van der Waals surface area contributed by atoms with E-state index in [9.17, 15) is 0 Å². The maximum absolute atomic E-state index is 6.18. The molecule has 0 atom stereocenters. The van der Waals surface area contributed by atoms with E-state index in [2.05, 4.69) is 70.2 Å². The van der Waals surface area contributed by atoms with E-state index < -0.39 is 0 Å². The number of benzene rings is 2. The van der Waals surface area contributed by atoms with Gasteiger partial charge in [0.25, 0.3) is 0 Å². The number of rotatable bonds is 1. The summed E-state index contributed by atoms with van der Waals surface area (Å²) in [4.78, 5) is 0. The summed E-state index contributed by atoms with van der Waals surface area (Å²) in [6.45, 7) is 8.37. The lowest BCUT2D eigenvalue weighted by molar-refractivity contribution is 0.00578. The van der Waals surface area contributed by atoms with Crippen LogP contribution in [-0.4, -0.2) is 18.3 Å². The van der Waals surface area contributed by atoms with Gasteiger partial charge < -0.3 is 9.31 Å². The summed E-state index contributed by atoms with van der Waals surface area (Å²) in [7, 11) is -0.289. The van der Waals surface area contributed by atoms with E-state index in [-0.39, 0.29) is 18.3 Å². The van der Waals surface area contributed by atoms with Crippen molar-refractivity contribution in [3.63, 3.8) is 0 Å². The van der Waals surface area contributed by atoms with E-state index in [0.717, 1.165) is 11.9 Å². The molecule has 1 aliphatic heterocycles. The third kappa shape index (κ3) is 1.96. The highest BCUT2D eigenvalue weighted by atomic mass is 16.7. The minimum Gasteiger partial charge on any atom is -0.399 e. The molecular formula is C19H21BO2. The molecule has 22 heavy (non-hydrogen) atoms. The Bertz CT molecular complexity index is 733. The summed E-state index contributed by atoms with van der Waals surface area (Å²) in [5.41, 5.74) is 5.97. The minimum atomic E-state index is -0.297. The molecule has 1 saturated heterocycles. The van der Waals surface area contributed by atoms with Crippen LogP contribution in [0.2, 0.25) is 0 Å². The SMILES string of the molecule is CC1(C)OB(c2ccc3c(c2)-c2ccccc2C3)OC1(C)C. The number of hydrogen-bond donors (Lipinski definition) is 0. The molecule has 0 aromatic heterocycles. The van der Waals surface area contributed by atoms with Crippen molar-refractivity contribution in [1.29, 1.82) is 0 Å². The summed E-state index contributed by atoms with van der Waals surface area (Å²) < 4.78 is 12.4. The normalized spacial score (nSPS) is 20.8. The molecule has 0 bridgehead atoms. The van der Waals surface area contributed by atoms with Gasteiger partial charge in [-0.15, -0.1) is 0 Å². The van der Waals surface area contributed by atoms with E-state index in [4.69, 9.17) is 9.31 Å². The number of fused-ring (bicyclic) bond motifs is 3. The fraction of sp³-hybridized carbons (Fsp3) is 0.368. The monoisotopic (exact) mass is 292 g/mol. The van der Waals surface area contributed by atoms with Gasteiger partial charge in [-0.1, -0.05) is 42.5 Å². The first-order valence-corrected chi connectivity index (χ1v) is 7.94. The van der Waals surface area contributed by atoms with Crippen molar-refractivity contribution < 1.29 is 9.31 Å². The van der Waals surface area contributed by atoms with Gasteiger partial charge in [-0.2, -0.15) is 0 Å². The molecule has 4 rings (SSSR count). The predicted octanol–water partition coefficient (Wildman–Crippen LogP) is 3.56. The summed E-state index contributed by atoms with van der Waals surface area (Å²) in [6.07, 6.45) is 1.02. The van der Waals surface area contributed by atoms with E-state index in [1.807, 2.05) is 0 Å². The molecule has 0 radical (unpaired) electrons. The van der Waals surface area contributed by atoms with Gasteiger partial charge in [0.05, 0.1) is 11.2 Å². The van der Waals surface area contributed by atoms with E-state index >= 15 is 0 Å². The Kier molecular flexibility index (Phi) is 2.85. The Morgan fingerprint density at radius 3 is 2.18 bits per heavy atom. The van der Waals surface area contributed by atoms with Crippen molar-refractivity contribution >= 4 is 12.6 Å². The molecule has 1 aliphatic carbocycles. The van der Waals surface area contributed by atoms with Gasteiger partial charge in [-0.25, -0.2) is 0 Å². The van der Waals surface area contributed by atoms with Gasteiger partial charge in [-0.3, -0.25) is 0 Å². The lowest BCUT2D eigenvalue weighted by atomic mass is 9.77. The highest BCUT2D eigenvalue weighted by Crippen LogP contribution is 2.38. The Labute approximate surface area is 132 Å². The predicted molar refractivity (Wildman–Crippen MR) is 90.4 cm³/mol. The Morgan fingerprint density at radius 2 is 1.45 bits per heavy atom. The summed E-state index contributed by atoms with van der Waals surface area (Å²) in [5.74, 6) is 0. The molecule has 2 aliphatic rings. The molecule has 0 N–H and O–H groups in total. The van der Waals surface area contributed by atoms with Crippen molar-refractivity contribution in [1.82, 2.24) is 0 Å². The largest absolute Gasteiger partial charge is 0.494 e. The maximum atomic E-state index is 6.18. The zero-order chi connectivity index (χ0) is 15.5. The van der Waals surface area contributed by atoms with Crippen LogP contribution in [0.15, 0.2) is 42.5 Å². The van der Waals surface area contributed by atoms with E-state index in [0.29, 0.717) is 0 Å². The molecule has 0 saturated carbocycles. The van der Waals surface area contributed by atoms with Crippen molar-refractivity contribution in [3.8, 4) is 11.1 Å². The van der Waals surface area contributed by atoms with Crippen molar-refractivity contribution in [3.05, 3.63) is 53.6 Å². The molecule has 112 valence electrons. The van der Waals surface area contributed by atoms with Crippen LogP contribution >= 0.6 is 0 Å². The first kappa shape index (κ1) is 14.0. The third-order valence-corrected chi connectivity index (χ3v) is 5.35. The fourth-order valence-corrected chi connectivity index (χ4v) is 3.27. The molecule has 2 nitrogen and oxygen atoms in total. The summed E-state index contributed by atoms with van der Waals surface area (Å²) in [6, 6.07) is 15.2. The van der Waals surface area contributed by atoms with Gasteiger partial charge in [0.1, 0.15) is 0 Å². The summed E-state index contributed by atoms with van der Waals surface area (Å²) >= 11 is 0. The molecule has 2 aromatic rings. The molecule has 0 spiro atoms. The zero-order valence-electron chi connectivity index (χ0n) is 13.6. The molecule has 3 heteroatoms. The first-order chi connectivity index (χ1) is 10.4. The van der Waals surface area contributed by atoms with Crippen LogP contribution in [0.1, 0.15) is 38.8 Å². The highest BCUT2D eigenvalue weighted by molar-refractivity contribution is 6.62. The lowest BCUT2D eigenvalue weighted by Crippen LogP contribution is -2.41. The van der Waals surface area contributed by atoms with Gasteiger partial charge >= 0.3 is 7.12 Å². The van der Waals surface area contributed by atoms with Crippen LogP contribution in [0.4, 0.5) is 0 Å². The van der Waals surface area contributed by atoms with Gasteiger partial charge in [0.15, 0.2) is 0 Å². The average Bonchev–Trinajstić information content (AvgIpc) is 2.93. The fourth-order valence-electron chi connectivity index (χ4n) is 3.27. The quantitative estimate of drug-likeness (QED) is 0.638. The van der Waals surface area contributed by atoms with Crippen LogP contribution < -0.4 is 5.46 Å². The van der Waals surface area contributed by atoms with Crippen molar-refractivity contribution in [2.24, 2.45) is 0 Å². The number of hydrogen-bond acceptors (Lipinski definition) is 2. The maximum Gasteiger partial charge on any atom is 0.494 e. The van der Waals surface area contributed by atoms with Crippen molar-refractivity contribution in [2.75, 3.05) is 0 Å². The molecule has 0 unspecified atom stereocenters. The minimum absolute atomic E-state index is 0.289. The average molecular weight is 292 g/mol. The standard InChI is InChI=1S/C19H21BO2/c1-18(2)19(3,4)22-20(21-18)15-10-9-14-11-13-7-5-6-8-16(13)17(14)12-15/h5-10,12H,11H2,1-4H3. The Hall–Kier alpha value is -1.58. The third-order valence-electron chi connectivity index (χ3n) is 5.35. The van der Waals surface area contributed by atoms with Crippen LogP contribution in [0.25, 0.3) is 11.1 Å². The topological polar surface area (TPSA) is 18.5 Å². The van der Waals surface area contributed by atoms with Gasteiger partial charge in [0.2, 0.25) is 0 Å². The summed E-state index contributed by atoms with van der Waals surface area (Å²) in [5, 5.41) is 0. The molecular weight excluding hydrogens is 271 g/mol. The highest BCUT2D eigenvalue weighted by Gasteiger charge is 2.51. The molecule has 1 heterocycles. The lowest BCUT2D eigenvalue weighted by Gasteiger charge is -2.32. The van der Waals surface area contributed by atoms with E-state index in [1.165, 1.54) is 22.3 Å². The van der Waals surface area contributed by atoms with Crippen LogP contribution in [-0.2, 0) is 15.7 Å². The van der Waals surface area contributed by atoms with Gasteiger partial charge in [-0.05, 0) is 61.8 Å². The Balaban J connectivity index is 1.73. The van der Waals surface area contributed by atoms with Crippen LogP contribution in [0.3, 0.4) is 0 Å². The second kappa shape index (κ2) is 4.47. The molecule has 0 amide bonds. The molecule has 1 fully saturated rings. The van der Waals surface area contributed by atoms with Crippen LogP contribution in [0.5, 0.6) is 0 Å². The van der Waals surface area contributed by atoms with Crippen molar-refractivity contribution in [2.45, 2.75) is 45.3 Å². The smallest absolute Gasteiger partial charge is 0.399 e. The first-order valence-electron chi connectivity index (χ1n) is 7.94. The zero-order valence-corrected chi connectivity index (χ0v) is 13.6. The Morgan fingerprint density at radius 1 is 0.818 bits per heavy atom. The molecule has 2 aromatic carbocycles. The second-order valence-corrected chi connectivity index (χ2v) is 7.34. The second-order valence-electron chi connectivity index (χ2n) is 7.34.